The van der Waals surface area contributed by atoms with Crippen LogP contribution < -0.4 is 5.32 Å². The Morgan fingerprint density at radius 1 is 1.12 bits per heavy atom. The number of imidazole rings is 1. The molecule has 8 nitrogen and oxygen atoms in total. The van der Waals surface area contributed by atoms with Crippen LogP contribution in [0.1, 0.15) is 23.4 Å². The first-order chi connectivity index (χ1) is 15.4. The minimum Gasteiger partial charge on any atom is -0.374 e. The Kier molecular flexibility index (Phi) is 7.13. The summed E-state index contributed by atoms with van der Waals surface area (Å²) in [5.74, 6) is -1.66. The van der Waals surface area contributed by atoms with Crippen LogP contribution in [-0.4, -0.2) is 75.2 Å². The molecule has 0 saturated carbocycles. The second-order valence-electron chi connectivity index (χ2n) is 8.37. The van der Waals surface area contributed by atoms with Crippen molar-refractivity contribution in [2.24, 2.45) is 7.05 Å². The highest BCUT2D eigenvalue weighted by Gasteiger charge is 2.59. The predicted molar refractivity (Wildman–Crippen MR) is 115 cm³/mol. The number of carbonyl (C=O) groups is 2. The van der Waals surface area contributed by atoms with Crippen molar-refractivity contribution in [3.8, 4) is 0 Å². The average Bonchev–Trinajstić information content (AvgIpc) is 3.17. The fourth-order valence-corrected chi connectivity index (χ4v) is 3.95. The molecule has 1 aromatic heterocycles. The second kappa shape index (κ2) is 9.52. The number of amides is 2. The molecule has 2 N–H and O–H groups in total. The highest BCUT2D eigenvalue weighted by Crippen LogP contribution is 2.41. The van der Waals surface area contributed by atoms with Gasteiger partial charge in [-0.25, -0.2) is 4.98 Å². The SMILES string of the molecule is Cc1cccc(C)c1NC(=O)CN1CCN(C(=O)CC(O)(c2nccn2C)C(F)(F)F)CC1. The van der Waals surface area contributed by atoms with Crippen LogP contribution in [0.2, 0.25) is 0 Å². The van der Waals surface area contributed by atoms with Gasteiger partial charge in [-0.2, -0.15) is 13.2 Å². The molecule has 180 valence electrons. The van der Waals surface area contributed by atoms with E-state index in [4.69, 9.17) is 0 Å². The van der Waals surface area contributed by atoms with Crippen molar-refractivity contribution in [1.82, 2.24) is 19.4 Å². The van der Waals surface area contributed by atoms with Crippen LogP contribution in [0.4, 0.5) is 18.9 Å². The number of alkyl halides is 3. The lowest BCUT2D eigenvalue weighted by molar-refractivity contribution is -0.272. The summed E-state index contributed by atoms with van der Waals surface area (Å²) >= 11 is 0. The van der Waals surface area contributed by atoms with Gasteiger partial charge in [-0.1, -0.05) is 18.2 Å². The number of aromatic nitrogens is 2. The third-order valence-corrected chi connectivity index (χ3v) is 5.90. The quantitative estimate of drug-likeness (QED) is 0.678. The van der Waals surface area contributed by atoms with Crippen molar-refractivity contribution in [1.29, 1.82) is 0 Å². The smallest absolute Gasteiger partial charge is 0.374 e. The zero-order valence-electron chi connectivity index (χ0n) is 18.8. The zero-order valence-corrected chi connectivity index (χ0v) is 18.8. The van der Waals surface area contributed by atoms with Crippen molar-refractivity contribution in [3.05, 3.63) is 47.5 Å². The van der Waals surface area contributed by atoms with E-state index in [-0.39, 0.29) is 25.5 Å². The molecule has 3 rings (SSSR count). The lowest BCUT2D eigenvalue weighted by Gasteiger charge is -2.36. The first-order valence-corrected chi connectivity index (χ1v) is 10.6. The van der Waals surface area contributed by atoms with Crippen molar-refractivity contribution >= 4 is 17.5 Å². The highest BCUT2D eigenvalue weighted by atomic mass is 19.4. The lowest BCUT2D eigenvalue weighted by atomic mass is 9.96. The molecular weight excluding hydrogens is 439 g/mol. The third-order valence-electron chi connectivity index (χ3n) is 5.90. The molecule has 2 aromatic rings. The summed E-state index contributed by atoms with van der Waals surface area (Å²) in [6, 6.07) is 5.71. The number of halogens is 3. The molecule has 1 saturated heterocycles. The summed E-state index contributed by atoms with van der Waals surface area (Å²) in [5.41, 5.74) is -0.727. The van der Waals surface area contributed by atoms with Crippen molar-refractivity contribution in [2.45, 2.75) is 32.0 Å². The van der Waals surface area contributed by atoms with Crippen LogP contribution in [0, 0.1) is 13.8 Å². The number of benzene rings is 1. The summed E-state index contributed by atoms with van der Waals surface area (Å²) in [6.07, 6.45) is -3.82. The van der Waals surface area contributed by atoms with Gasteiger partial charge in [-0.15, -0.1) is 0 Å². The van der Waals surface area contributed by atoms with E-state index in [0.29, 0.717) is 13.1 Å². The predicted octanol–water partition coefficient (Wildman–Crippen LogP) is 1.96. The van der Waals surface area contributed by atoms with E-state index >= 15 is 0 Å². The number of piperazine rings is 1. The van der Waals surface area contributed by atoms with Gasteiger partial charge in [-0.3, -0.25) is 14.5 Å². The van der Waals surface area contributed by atoms with Gasteiger partial charge in [0, 0.05) is 51.3 Å². The van der Waals surface area contributed by atoms with E-state index < -0.39 is 29.9 Å². The maximum absolute atomic E-state index is 13.7. The van der Waals surface area contributed by atoms with Crippen LogP contribution >= 0.6 is 0 Å². The Morgan fingerprint density at radius 2 is 1.73 bits per heavy atom. The van der Waals surface area contributed by atoms with Crippen LogP contribution in [0.15, 0.2) is 30.6 Å². The van der Waals surface area contributed by atoms with Gasteiger partial charge in [0.15, 0.2) is 5.82 Å². The van der Waals surface area contributed by atoms with Gasteiger partial charge in [0.25, 0.3) is 0 Å². The number of hydrogen-bond acceptors (Lipinski definition) is 5. The van der Waals surface area contributed by atoms with Crippen molar-refractivity contribution in [3.63, 3.8) is 0 Å². The monoisotopic (exact) mass is 467 g/mol. The molecule has 0 radical (unpaired) electrons. The molecule has 0 aliphatic carbocycles. The fraction of sp³-hybridized carbons (Fsp3) is 0.500. The standard InChI is InChI=1S/C22H28F3N5O3/c1-15-5-4-6-16(2)19(15)27-17(31)14-29-9-11-30(12-10-29)18(32)13-21(33,22(23,24)25)20-26-7-8-28(20)3/h4-8,33H,9-14H2,1-3H3,(H,27,31). The summed E-state index contributed by atoms with van der Waals surface area (Å²) < 4.78 is 42.1. The average molecular weight is 467 g/mol. The minimum atomic E-state index is -5.07. The van der Waals surface area contributed by atoms with E-state index in [0.717, 1.165) is 27.6 Å². The fourth-order valence-electron chi connectivity index (χ4n) is 3.95. The van der Waals surface area contributed by atoms with Crippen molar-refractivity contribution in [2.75, 3.05) is 38.0 Å². The van der Waals surface area contributed by atoms with Gasteiger partial charge in [-0.05, 0) is 25.0 Å². The first-order valence-electron chi connectivity index (χ1n) is 10.6. The maximum atomic E-state index is 13.7. The zero-order chi connectivity index (χ0) is 24.4. The van der Waals surface area contributed by atoms with E-state index in [9.17, 15) is 27.9 Å². The lowest BCUT2D eigenvalue weighted by Crippen LogP contribution is -2.53. The second-order valence-corrected chi connectivity index (χ2v) is 8.37. The molecule has 1 fully saturated rings. The van der Waals surface area contributed by atoms with Gasteiger partial charge in [0.1, 0.15) is 0 Å². The summed E-state index contributed by atoms with van der Waals surface area (Å²) in [6.45, 7) is 4.89. The minimum absolute atomic E-state index is 0.107. The van der Waals surface area contributed by atoms with Crippen LogP contribution in [0.5, 0.6) is 0 Å². The normalized spacial score (nSPS) is 17.0. The number of carbonyl (C=O) groups excluding carboxylic acids is 2. The van der Waals surface area contributed by atoms with Crippen LogP contribution in [-0.2, 0) is 22.2 Å². The largest absolute Gasteiger partial charge is 0.425 e. The number of aliphatic hydroxyl groups is 1. The molecule has 1 aliphatic heterocycles. The van der Waals surface area contributed by atoms with Gasteiger partial charge in [0.05, 0.1) is 13.0 Å². The Morgan fingerprint density at radius 3 is 2.24 bits per heavy atom. The Labute approximate surface area is 190 Å². The number of anilines is 1. The van der Waals surface area contributed by atoms with E-state index in [1.807, 2.05) is 36.9 Å². The molecule has 1 aliphatic rings. The maximum Gasteiger partial charge on any atom is 0.425 e. The molecule has 1 atom stereocenters. The topological polar surface area (TPSA) is 90.7 Å². The number of nitrogens with zero attached hydrogens (tertiary/aromatic N) is 4. The Hall–Kier alpha value is -2.92. The number of nitrogens with one attached hydrogen (secondary N) is 1. The molecule has 2 heterocycles. The van der Waals surface area contributed by atoms with Crippen molar-refractivity contribution < 1.29 is 27.9 Å². The van der Waals surface area contributed by atoms with Gasteiger partial charge in [0.2, 0.25) is 17.4 Å². The van der Waals surface area contributed by atoms with Crippen LogP contribution in [0.3, 0.4) is 0 Å². The molecule has 0 spiro atoms. The molecular formula is C22H28F3N5O3. The Bertz CT molecular complexity index is 995. The van der Waals surface area contributed by atoms with E-state index in [2.05, 4.69) is 10.3 Å². The number of aryl methyl sites for hydroxylation is 3. The third kappa shape index (κ3) is 5.36. The van der Waals surface area contributed by atoms with E-state index in [1.54, 1.807) is 0 Å². The summed E-state index contributed by atoms with van der Waals surface area (Å²) in [7, 11) is 1.33. The molecule has 33 heavy (non-hydrogen) atoms. The summed E-state index contributed by atoms with van der Waals surface area (Å²) in [5, 5.41) is 13.3. The summed E-state index contributed by atoms with van der Waals surface area (Å²) in [4.78, 5) is 31.8. The van der Waals surface area contributed by atoms with E-state index in [1.165, 1.54) is 18.1 Å². The highest BCUT2D eigenvalue weighted by molar-refractivity contribution is 5.93. The van der Waals surface area contributed by atoms with Gasteiger partial charge >= 0.3 is 6.18 Å². The number of hydrogen-bond donors (Lipinski definition) is 2. The molecule has 11 heteroatoms. The molecule has 0 bridgehead atoms. The Balaban J connectivity index is 1.57. The molecule has 1 aromatic carbocycles. The first kappa shape index (κ1) is 24.7. The molecule has 2 amide bonds. The molecule has 1 unspecified atom stereocenters. The van der Waals surface area contributed by atoms with Crippen LogP contribution in [0.25, 0.3) is 0 Å². The van der Waals surface area contributed by atoms with Gasteiger partial charge < -0.3 is 19.9 Å². The number of para-hydroxylation sites is 1. The number of rotatable bonds is 6.